The van der Waals surface area contributed by atoms with Crippen molar-refractivity contribution in [3.05, 3.63) is 51.3 Å². The van der Waals surface area contributed by atoms with Gasteiger partial charge in [0.25, 0.3) is 5.56 Å². The van der Waals surface area contributed by atoms with Crippen molar-refractivity contribution in [1.82, 2.24) is 14.5 Å². The molecule has 1 aliphatic carbocycles. The number of hydrogen-bond donors (Lipinski definition) is 0. The van der Waals surface area contributed by atoms with E-state index in [1.165, 1.54) is 25.7 Å². The number of pyridine rings is 1. The summed E-state index contributed by atoms with van der Waals surface area (Å²) in [4.78, 5) is 21.8. The first-order valence-electron chi connectivity index (χ1n) is 9.33. The number of nitrogens with zero attached hydrogens (tertiary/aromatic N) is 3. The summed E-state index contributed by atoms with van der Waals surface area (Å²) < 4.78 is 21.1. The smallest absolute Gasteiger partial charge is 0.272 e. The SMILES string of the molecule is COc1cc(Cl)c(-c2nccc3c2nc(C)c(=O)n3[C@@H](C)C2CCC2)cc1F. The molecule has 0 unspecified atom stereocenters. The number of hydrogen-bond acceptors (Lipinski definition) is 4. The highest BCUT2D eigenvalue weighted by atomic mass is 35.5. The van der Waals surface area contributed by atoms with Crippen LogP contribution in [0.15, 0.2) is 29.2 Å². The Kier molecular flexibility index (Phi) is 4.83. The molecule has 28 heavy (non-hydrogen) atoms. The molecule has 146 valence electrons. The third-order valence-electron chi connectivity index (χ3n) is 5.71. The molecule has 1 fully saturated rings. The number of halogens is 2. The molecule has 0 saturated heterocycles. The molecule has 2 aromatic heterocycles. The summed E-state index contributed by atoms with van der Waals surface area (Å²) >= 11 is 6.39. The fourth-order valence-corrected chi connectivity index (χ4v) is 4.09. The van der Waals surface area contributed by atoms with Gasteiger partial charge < -0.3 is 9.30 Å². The van der Waals surface area contributed by atoms with Crippen molar-refractivity contribution in [1.29, 1.82) is 0 Å². The molecule has 5 nitrogen and oxygen atoms in total. The van der Waals surface area contributed by atoms with Gasteiger partial charge in [0.15, 0.2) is 11.6 Å². The fourth-order valence-electron chi connectivity index (χ4n) is 3.85. The lowest BCUT2D eigenvalue weighted by Gasteiger charge is -2.33. The Labute approximate surface area is 167 Å². The number of ether oxygens (including phenoxy) is 1. The monoisotopic (exact) mass is 401 g/mol. The second-order valence-corrected chi connectivity index (χ2v) is 7.71. The van der Waals surface area contributed by atoms with E-state index in [-0.39, 0.29) is 17.4 Å². The molecule has 0 N–H and O–H groups in total. The topological polar surface area (TPSA) is 57.0 Å². The van der Waals surface area contributed by atoms with Crippen molar-refractivity contribution in [2.24, 2.45) is 5.92 Å². The average Bonchev–Trinajstić information content (AvgIpc) is 2.62. The molecular formula is C21H21ClFN3O2. The predicted octanol–water partition coefficient (Wildman–Crippen LogP) is 4.93. The third-order valence-corrected chi connectivity index (χ3v) is 6.02. The van der Waals surface area contributed by atoms with Crippen molar-refractivity contribution < 1.29 is 9.13 Å². The standard InChI is InChI=1S/C21H21ClFN3O2/c1-11-21(27)26(12(2)13-5-4-6-13)17-7-8-24-19(20(17)25-11)14-9-16(23)18(28-3)10-15(14)22/h7-10,12-13H,4-6H2,1-3H3/t12-/m0/s1. The van der Waals surface area contributed by atoms with Crippen LogP contribution >= 0.6 is 11.6 Å². The van der Waals surface area contributed by atoms with Gasteiger partial charge in [-0.2, -0.15) is 0 Å². The van der Waals surface area contributed by atoms with Crippen LogP contribution in [0.4, 0.5) is 4.39 Å². The van der Waals surface area contributed by atoms with Crippen LogP contribution in [0.3, 0.4) is 0 Å². The summed E-state index contributed by atoms with van der Waals surface area (Å²) in [7, 11) is 1.38. The fraction of sp³-hybridized carbons (Fsp3) is 0.381. The summed E-state index contributed by atoms with van der Waals surface area (Å²) in [5, 5.41) is 0.308. The maximum atomic E-state index is 14.3. The number of fused-ring (bicyclic) bond motifs is 1. The Morgan fingerprint density at radius 2 is 2.11 bits per heavy atom. The Bertz CT molecular complexity index is 1120. The molecule has 1 aliphatic rings. The lowest BCUT2D eigenvalue weighted by molar-refractivity contribution is 0.222. The van der Waals surface area contributed by atoms with E-state index in [0.717, 1.165) is 12.8 Å². The Morgan fingerprint density at radius 3 is 2.75 bits per heavy atom. The van der Waals surface area contributed by atoms with Crippen LogP contribution in [-0.2, 0) is 0 Å². The molecule has 0 aliphatic heterocycles. The van der Waals surface area contributed by atoms with Crippen molar-refractivity contribution in [2.75, 3.05) is 7.11 Å². The van der Waals surface area contributed by atoms with E-state index < -0.39 is 5.82 Å². The van der Waals surface area contributed by atoms with Gasteiger partial charge in [-0.1, -0.05) is 18.0 Å². The van der Waals surface area contributed by atoms with Crippen LogP contribution in [0.2, 0.25) is 5.02 Å². The first kappa shape index (κ1) is 18.9. The van der Waals surface area contributed by atoms with E-state index in [9.17, 15) is 9.18 Å². The maximum absolute atomic E-state index is 14.3. The molecule has 1 aromatic carbocycles. The number of rotatable bonds is 4. The Morgan fingerprint density at radius 1 is 1.36 bits per heavy atom. The normalized spacial score (nSPS) is 15.5. The zero-order valence-electron chi connectivity index (χ0n) is 16.0. The van der Waals surface area contributed by atoms with Gasteiger partial charge in [0, 0.05) is 23.9 Å². The number of benzene rings is 1. The van der Waals surface area contributed by atoms with E-state index in [1.54, 1.807) is 23.8 Å². The molecule has 0 bridgehead atoms. The molecule has 0 spiro atoms. The first-order chi connectivity index (χ1) is 13.4. The summed E-state index contributed by atoms with van der Waals surface area (Å²) in [6.45, 7) is 3.77. The van der Waals surface area contributed by atoms with Gasteiger partial charge in [-0.05, 0) is 44.7 Å². The van der Waals surface area contributed by atoms with Gasteiger partial charge in [-0.25, -0.2) is 9.37 Å². The molecule has 1 saturated carbocycles. The average molecular weight is 402 g/mol. The predicted molar refractivity (Wildman–Crippen MR) is 108 cm³/mol. The third kappa shape index (κ3) is 2.96. The van der Waals surface area contributed by atoms with Crippen molar-refractivity contribution in [3.8, 4) is 17.0 Å². The van der Waals surface area contributed by atoms with Crippen LogP contribution < -0.4 is 10.3 Å². The summed E-state index contributed by atoms with van der Waals surface area (Å²) in [5.41, 5.74) is 2.37. The second kappa shape index (κ2) is 7.17. The first-order valence-corrected chi connectivity index (χ1v) is 9.71. The summed E-state index contributed by atoms with van der Waals surface area (Å²) in [6, 6.07) is 4.57. The molecule has 2 heterocycles. The van der Waals surface area contributed by atoms with Crippen molar-refractivity contribution >= 4 is 22.6 Å². The van der Waals surface area contributed by atoms with E-state index in [2.05, 4.69) is 16.9 Å². The lowest BCUT2D eigenvalue weighted by atomic mass is 9.80. The van der Waals surface area contributed by atoms with Crippen molar-refractivity contribution in [3.63, 3.8) is 0 Å². The summed E-state index contributed by atoms with van der Waals surface area (Å²) in [5.74, 6) is 0.00329. The van der Waals surface area contributed by atoms with Crippen LogP contribution in [0.5, 0.6) is 5.75 Å². The number of aryl methyl sites for hydroxylation is 1. The van der Waals surface area contributed by atoms with Gasteiger partial charge in [0.05, 0.1) is 23.3 Å². The van der Waals surface area contributed by atoms with Crippen LogP contribution in [0.25, 0.3) is 22.3 Å². The quantitative estimate of drug-likeness (QED) is 0.622. The van der Waals surface area contributed by atoms with Gasteiger partial charge in [0.1, 0.15) is 11.2 Å². The van der Waals surface area contributed by atoms with E-state index in [4.69, 9.17) is 16.3 Å². The maximum Gasteiger partial charge on any atom is 0.272 e. The highest BCUT2D eigenvalue weighted by Gasteiger charge is 2.28. The van der Waals surface area contributed by atoms with Gasteiger partial charge in [-0.15, -0.1) is 0 Å². The minimum atomic E-state index is -0.534. The van der Waals surface area contributed by atoms with Crippen LogP contribution in [0.1, 0.15) is 37.9 Å². The highest BCUT2D eigenvalue weighted by Crippen LogP contribution is 2.38. The second-order valence-electron chi connectivity index (χ2n) is 7.30. The lowest BCUT2D eigenvalue weighted by Crippen LogP contribution is -2.33. The highest BCUT2D eigenvalue weighted by molar-refractivity contribution is 6.33. The molecule has 0 amide bonds. The van der Waals surface area contributed by atoms with Crippen LogP contribution in [0, 0.1) is 18.7 Å². The molecule has 1 atom stereocenters. The van der Waals surface area contributed by atoms with Crippen LogP contribution in [-0.4, -0.2) is 21.6 Å². The van der Waals surface area contributed by atoms with E-state index >= 15 is 0 Å². The van der Waals surface area contributed by atoms with E-state index in [0.29, 0.717) is 38.9 Å². The number of methoxy groups -OCH3 is 1. The minimum Gasteiger partial charge on any atom is -0.494 e. The zero-order valence-corrected chi connectivity index (χ0v) is 16.8. The van der Waals surface area contributed by atoms with Gasteiger partial charge in [-0.3, -0.25) is 9.78 Å². The van der Waals surface area contributed by atoms with Crippen molar-refractivity contribution in [2.45, 2.75) is 39.2 Å². The summed E-state index contributed by atoms with van der Waals surface area (Å²) in [6.07, 6.45) is 5.03. The molecular weight excluding hydrogens is 381 g/mol. The Balaban J connectivity index is 1.99. The zero-order chi connectivity index (χ0) is 20.0. The molecule has 3 aromatic rings. The van der Waals surface area contributed by atoms with Gasteiger partial charge >= 0.3 is 0 Å². The molecule has 4 rings (SSSR count). The number of aromatic nitrogens is 3. The Hall–Kier alpha value is -2.47. The minimum absolute atomic E-state index is 0.0591. The van der Waals surface area contributed by atoms with E-state index in [1.807, 2.05) is 0 Å². The molecule has 7 heteroatoms. The molecule has 0 radical (unpaired) electrons. The largest absolute Gasteiger partial charge is 0.494 e. The van der Waals surface area contributed by atoms with Gasteiger partial charge in [0.2, 0.25) is 0 Å².